The van der Waals surface area contributed by atoms with Gasteiger partial charge in [0.05, 0.1) is 26.4 Å². The van der Waals surface area contributed by atoms with E-state index in [9.17, 15) is 43.2 Å². The van der Waals surface area contributed by atoms with Gasteiger partial charge in [0.2, 0.25) is 0 Å². The molecule has 0 amide bonds. The quantitative estimate of drug-likeness (QED) is 0.0222. The summed E-state index contributed by atoms with van der Waals surface area (Å²) in [5.41, 5.74) is 0. The molecule has 0 aromatic heterocycles. The van der Waals surface area contributed by atoms with Crippen LogP contribution >= 0.6 is 15.6 Å². The van der Waals surface area contributed by atoms with Crippen molar-refractivity contribution in [3.63, 3.8) is 0 Å². The fraction of sp³-hybridized carbons (Fsp3) is 0.951. The summed E-state index contributed by atoms with van der Waals surface area (Å²) in [4.78, 5) is 73.0. The fourth-order valence-electron chi connectivity index (χ4n) is 12.7. The van der Waals surface area contributed by atoms with Crippen LogP contribution in [0.5, 0.6) is 0 Å². The lowest BCUT2D eigenvalue weighted by Crippen LogP contribution is -2.30. The highest BCUT2D eigenvalue weighted by molar-refractivity contribution is 7.47. The Hall–Kier alpha value is -1.94. The molecule has 3 N–H and O–H groups in total. The Kier molecular flexibility index (Phi) is 72.2. The van der Waals surface area contributed by atoms with Gasteiger partial charge in [-0.2, -0.15) is 0 Å². The number of carbonyl (C=O) groups is 4. The van der Waals surface area contributed by atoms with Crippen LogP contribution in [0.4, 0.5) is 0 Å². The van der Waals surface area contributed by atoms with Crippen LogP contribution in [0.25, 0.3) is 0 Å². The number of rotatable bonds is 81. The topological polar surface area (TPSA) is 237 Å². The Bertz CT molecular complexity index is 1940. The summed E-state index contributed by atoms with van der Waals surface area (Å²) in [7, 11) is -9.92. The molecule has 0 aliphatic rings. The zero-order valence-electron chi connectivity index (χ0n) is 66.2. The molecule has 0 saturated heterocycles. The van der Waals surface area contributed by atoms with Crippen molar-refractivity contribution in [1.82, 2.24) is 0 Å². The molecule has 19 heteroatoms. The molecule has 2 unspecified atom stereocenters. The van der Waals surface area contributed by atoms with Crippen molar-refractivity contribution in [2.45, 2.75) is 452 Å². The number of unbranched alkanes of at least 4 members (excludes halogenated alkanes) is 51. The van der Waals surface area contributed by atoms with Gasteiger partial charge in [0.25, 0.3) is 0 Å². The number of esters is 4. The predicted octanol–water partition coefficient (Wildman–Crippen LogP) is 24.7. The number of hydrogen-bond donors (Lipinski definition) is 3. The number of hydrogen-bond acceptors (Lipinski definition) is 15. The first kappa shape index (κ1) is 99.1. The molecule has 0 aliphatic heterocycles. The molecular weight excluding hydrogens is 1320 g/mol. The minimum atomic E-state index is -4.96. The van der Waals surface area contributed by atoms with E-state index in [-0.39, 0.29) is 25.7 Å². The van der Waals surface area contributed by atoms with Gasteiger partial charge in [-0.05, 0) is 37.5 Å². The van der Waals surface area contributed by atoms with E-state index in [1.807, 2.05) is 0 Å². The van der Waals surface area contributed by atoms with Crippen molar-refractivity contribution < 1.29 is 80.2 Å². The molecule has 5 atom stereocenters. The monoisotopic (exact) mass is 1480 g/mol. The lowest BCUT2D eigenvalue weighted by molar-refractivity contribution is -0.161. The third-order valence-electron chi connectivity index (χ3n) is 19.2. The van der Waals surface area contributed by atoms with Crippen molar-refractivity contribution in [2.75, 3.05) is 39.6 Å². The normalized spacial score (nSPS) is 13.9. The highest BCUT2D eigenvalue weighted by Crippen LogP contribution is 2.45. The van der Waals surface area contributed by atoms with Gasteiger partial charge in [0.15, 0.2) is 12.2 Å². The molecule has 0 aromatic rings. The summed E-state index contributed by atoms with van der Waals surface area (Å²) in [6.07, 6.45) is 64.1. The summed E-state index contributed by atoms with van der Waals surface area (Å²) in [6.45, 7) is 9.57. The van der Waals surface area contributed by atoms with Crippen LogP contribution < -0.4 is 0 Å². The number of phosphoric ester groups is 2. The molecule has 0 aromatic carbocycles. The molecule has 0 heterocycles. The fourth-order valence-corrected chi connectivity index (χ4v) is 14.3. The summed E-state index contributed by atoms with van der Waals surface area (Å²) in [6, 6.07) is 0. The smallest absolute Gasteiger partial charge is 0.462 e. The minimum absolute atomic E-state index is 0.107. The summed E-state index contributed by atoms with van der Waals surface area (Å²) in [5, 5.41) is 10.6. The lowest BCUT2D eigenvalue weighted by Gasteiger charge is -2.21. The van der Waals surface area contributed by atoms with Crippen molar-refractivity contribution >= 4 is 39.5 Å². The third-order valence-corrected chi connectivity index (χ3v) is 21.1. The SMILES string of the molecule is CCCCCCCCCCCCCCCCCCCCCCCCC(=O)O[C@H](COC(=O)CCCCCCCCCCCCCCC(C)C)COP(=O)(O)OC[C@@H](O)COP(=O)(O)OC[C@@H](COC(=O)CCCCCCCCC(C)C)OC(=O)CCCCCCCCCCCCCCCCC. The van der Waals surface area contributed by atoms with E-state index in [0.717, 1.165) is 102 Å². The van der Waals surface area contributed by atoms with E-state index in [2.05, 4.69) is 41.5 Å². The Morgan fingerprint density at radius 2 is 0.455 bits per heavy atom. The minimum Gasteiger partial charge on any atom is -0.462 e. The zero-order chi connectivity index (χ0) is 74.2. The van der Waals surface area contributed by atoms with Crippen LogP contribution in [0.2, 0.25) is 0 Å². The number of phosphoric acid groups is 2. The van der Waals surface area contributed by atoms with Gasteiger partial charge in [-0.15, -0.1) is 0 Å². The number of aliphatic hydroxyl groups excluding tert-OH is 1. The number of carbonyl (C=O) groups excluding carboxylic acids is 4. The molecule has 17 nitrogen and oxygen atoms in total. The average molecular weight is 1480 g/mol. The van der Waals surface area contributed by atoms with Crippen LogP contribution in [0.15, 0.2) is 0 Å². The van der Waals surface area contributed by atoms with E-state index in [0.29, 0.717) is 31.6 Å². The summed E-state index contributed by atoms with van der Waals surface area (Å²) >= 11 is 0. The molecule has 600 valence electrons. The Labute approximate surface area is 619 Å². The van der Waals surface area contributed by atoms with Crippen LogP contribution in [-0.2, 0) is 65.4 Å². The molecular formula is C82H160O17P2. The van der Waals surface area contributed by atoms with Crippen molar-refractivity contribution in [2.24, 2.45) is 11.8 Å². The van der Waals surface area contributed by atoms with Gasteiger partial charge in [-0.25, -0.2) is 9.13 Å². The van der Waals surface area contributed by atoms with Crippen LogP contribution in [0.3, 0.4) is 0 Å². The maximum atomic E-state index is 13.1. The average Bonchev–Trinajstić information content (AvgIpc) is 0.962. The maximum Gasteiger partial charge on any atom is 0.472 e. The number of aliphatic hydroxyl groups is 1. The predicted molar refractivity (Wildman–Crippen MR) is 414 cm³/mol. The lowest BCUT2D eigenvalue weighted by atomic mass is 10.0. The van der Waals surface area contributed by atoms with Crippen LogP contribution in [-0.4, -0.2) is 96.7 Å². The molecule has 0 spiro atoms. The molecule has 101 heavy (non-hydrogen) atoms. The summed E-state index contributed by atoms with van der Waals surface area (Å²) in [5.74, 6) is -0.649. The Morgan fingerprint density at radius 1 is 0.267 bits per heavy atom. The van der Waals surface area contributed by atoms with E-state index < -0.39 is 97.5 Å². The molecule has 0 fully saturated rings. The van der Waals surface area contributed by atoms with Crippen LogP contribution in [0.1, 0.15) is 433 Å². The van der Waals surface area contributed by atoms with E-state index in [1.54, 1.807) is 0 Å². The molecule has 0 aliphatic carbocycles. The largest absolute Gasteiger partial charge is 0.472 e. The molecule has 0 bridgehead atoms. The van der Waals surface area contributed by atoms with Crippen molar-refractivity contribution in [3.05, 3.63) is 0 Å². The van der Waals surface area contributed by atoms with Gasteiger partial charge in [0, 0.05) is 25.7 Å². The van der Waals surface area contributed by atoms with Gasteiger partial charge in [-0.3, -0.25) is 37.3 Å². The second kappa shape index (κ2) is 73.6. The number of ether oxygens (including phenoxy) is 4. The Morgan fingerprint density at radius 3 is 0.673 bits per heavy atom. The first-order chi connectivity index (χ1) is 48.9. The van der Waals surface area contributed by atoms with Gasteiger partial charge in [0.1, 0.15) is 19.3 Å². The highest BCUT2D eigenvalue weighted by atomic mass is 31.2. The second-order valence-corrected chi connectivity index (χ2v) is 33.4. The van der Waals surface area contributed by atoms with Crippen molar-refractivity contribution in [3.8, 4) is 0 Å². The third kappa shape index (κ3) is 76.1. The van der Waals surface area contributed by atoms with E-state index in [1.165, 1.54) is 244 Å². The molecule has 0 radical (unpaired) electrons. The zero-order valence-corrected chi connectivity index (χ0v) is 68.0. The van der Waals surface area contributed by atoms with E-state index >= 15 is 0 Å². The van der Waals surface area contributed by atoms with Crippen molar-refractivity contribution in [1.29, 1.82) is 0 Å². The summed E-state index contributed by atoms with van der Waals surface area (Å²) < 4.78 is 68.7. The van der Waals surface area contributed by atoms with Gasteiger partial charge >= 0.3 is 39.5 Å². The van der Waals surface area contributed by atoms with E-state index in [4.69, 9.17) is 37.0 Å². The Balaban J connectivity index is 5.19. The standard InChI is InChI=1S/C82H160O17P2/c1-7-9-11-13-15-17-19-21-23-24-25-26-27-28-29-31-33-39-43-47-55-61-66-81(86)98-77(70-92-79(84)64-58-52-45-41-37-35-34-36-40-44-50-56-62-74(3)4)72-96-100(88,89)94-68-76(83)69-95-101(90,91)97-73-78(71-93-80(85)65-59-53-49-48-51-57-63-75(5)6)99-82(87)67-60-54-46-42-38-32-30-22-20-18-16-14-12-10-8-2/h74-78,83H,7-73H2,1-6H3,(H,88,89)(H,90,91)/t76-,77-,78-/m1/s1. The highest BCUT2D eigenvalue weighted by Gasteiger charge is 2.30. The molecule has 0 saturated carbocycles. The second-order valence-electron chi connectivity index (χ2n) is 30.5. The molecule has 0 rings (SSSR count). The first-order valence-electron chi connectivity index (χ1n) is 42.5. The maximum absolute atomic E-state index is 13.1. The first-order valence-corrected chi connectivity index (χ1v) is 45.5. The van der Waals surface area contributed by atoms with Gasteiger partial charge < -0.3 is 33.8 Å². The van der Waals surface area contributed by atoms with Crippen LogP contribution in [0, 0.1) is 11.8 Å². The van der Waals surface area contributed by atoms with Gasteiger partial charge in [-0.1, -0.05) is 382 Å².